The van der Waals surface area contributed by atoms with Crippen LogP contribution in [-0.2, 0) is 10.0 Å². The molecule has 0 aliphatic carbocycles. The Labute approximate surface area is 193 Å². The van der Waals surface area contributed by atoms with E-state index in [1.54, 1.807) is 12.1 Å². The lowest BCUT2D eigenvalue weighted by molar-refractivity contribution is 0.400. The maximum absolute atomic E-state index is 14.1. The second-order valence-electron chi connectivity index (χ2n) is 7.40. The summed E-state index contributed by atoms with van der Waals surface area (Å²) in [6.07, 6.45) is 1.44. The molecule has 0 spiro atoms. The predicted octanol–water partition coefficient (Wildman–Crippen LogP) is 3.28. The maximum Gasteiger partial charge on any atom is 0.264 e. The van der Waals surface area contributed by atoms with Gasteiger partial charge >= 0.3 is 0 Å². The zero-order chi connectivity index (χ0) is 24.5. The van der Waals surface area contributed by atoms with E-state index < -0.39 is 26.6 Å². The van der Waals surface area contributed by atoms with Crippen LogP contribution in [0.5, 0.6) is 5.88 Å². The third-order valence-electron chi connectivity index (χ3n) is 4.50. The van der Waals surface area contributed by atoms with Gasteiger partial charge in [-0.25, -0.2) is 22.2 Å². The zero-order valence-electron chi connectivity index (χ0n) is 18.2. The Bertz CT molecular complexity index is 1560. The number of halogens is 2. The van der Waals surface area contributed by atoms with E-state index in [0.717, 1.165) is 12.1 Å². The van der Waals surface area contributed by atoms with Crippen LogP contribution in [-0.4, -0.2) is 40.3 Å². The number of nitrogens with zero attached hydrogens (tertiary/aromatic N) is 5. The first-order valence-electron chi connectivity index (χ1n) is 9.94. The van der Waals surface area contributed by atoms with Gasteiger partial charge in [-0.05, 0) is 36.3 Å². The second-order valence-corrected chi connectivity index (χ2v) is 9.05. The van der Waals surface area contributed by atoms with Gasteiger partial charge in [-0.15, -0.1) is 10.2 Å². The fourth-order valence-electron chi connectivity index (χ4n) is 2.95. The molecule has 0 aliphatic heterocycles. The topological polar surface area (TPSA) is 111 Å². The highest BCUT2D eigenvalue weighted by atomic mass is 32.2. The van der Waals surface area contributed by atoms with E-state index in [1.165, 1.54) is 23.9 Å². The van der Waals surface area contributed by atoms with Gasteiger partial charge in [0.2, 0.25) is 11.7 Å². The largest absolute Gasteiger partial charge is 0.480 e. The summed E-state index contributed by atoms with van der Waals surface area (Å²) in [5, 5.41) is 12.5. The molecule has 0 aliphatic rings. The average molecular weight is 484 g/mol. The number of methoxy groups -OCH3 is 1. The van der Waals surface area contributed by atoms with Crippen LogP contribution < -0.4 is 9.46 Å². The Hall–Kier alpha value is -4.11. The minimum atomic E-state index is -4.42. The summed E-state index contributed by atoms with van der Waals surface area (Å²) < 4.78 is 61.7. The van der Waals surface area contributed by atoms with Crippen LogP contribution in [0.25, 0.3) is 16.9 Å². The van der Waals surface area contributed by atoms with Crippen molar-refractivity contribution in [3.8, 4) is 29.0 Å². The van der Waals surface area contributed by atoms with Crippen molar-refractivity contribution < 1.29 is 21.9 Å². The second kappa shape index (κ2) is 9.03. The van der Waals surface area contributed by atoms with E-state index in [1.807, 2.05) is 13.8 Å². The smallest absolute Gasteiger partial charge is 0.264 e. The number of aromatic nitrogens is 5. The van der Waals surface area contributed by atoms with Gasteiger partial charge in [0.15, 0.2) is 5.65 Å². The minimum absolute atomic E-state index is 0.0521. The highest BCUT2D eigenvalue weighted by molar-refractivity contribution is 7.92. The number of benzene rings is 1. The van der Waals surface area contributed by atoms with Crippen molar-refractivity contribution in [2.75, 3.05) is 11.8 Å². The van der Waals surface area contributed by atoms with Crippen LogP contribution in [0.2, 0.25) is 0 Å². The number of ether oxygens (including phenoxy) is 1. The van der Waals surface area contributed by atoms with E-state index in [2.05, 4.69) is 36.8 Å². The van der Waals surface area contributed by atoms with Crippen molar-refractivity contribution in [3.05, 3.63) is 60.1 Å². The first-order chi connectivity index (χ1) is 16.2. The molecule has 1 N–H and O–H groups in total. The standard InChI is InChI=1S/C22H18F2N6O3S/c1-13(2)4-8-20-26-27-21-9-6-17(28-30(20)21)14-10-18(22(33-3)25-12-14)29-34(31,32)19-7-5-15(23)11-16(19)24/h5-7,9-13,29H,1-3H3. The number of anilines is 1. The van der Waals surface area contributed by atoms with Crippen molar-refractivity contribution >= 4 is 21.4 Å². The molecule has 0 fully saturated rings. The van der Waals surface area contributed by atoms with Crippen LogP contribution in [0.4, 0.5) is 14.5 Å². The predicted molar refractivity (Wildman–Crippen MR) is 119 cm³/mol. The number of nitrogens with one attached hydrogen (secondary N) is 1. The third-order valence-corrected chi connectivity index (χ3v) is 5.90. The Morgan fingerprint density at radius 2 is 1.91 bits per heavy atom. The first-order valence-corrected chi connectivity index (χ1v) is 11.4. The molecule has 174 valence electrons. The molecule has 0 atom stereocenters. The minimum Gasteiger partial charge on any atom is -0.480 e. The zero-order valence-corrected chi connectivity index (χ0v) is 19.1. The number of hydrogen-bond donors (Lipinski definition) is 1. The third kappa shape index (κ3) is 4.65. The molecule has 0 unspecified atom stereocenters. The van der Waals surface area contributed by atoms with E-state index in [0.29, 0.717) is 28.8 Å². The number of rotatable bonds is 5. The summed E-state index contributed by atoms with van der Waals surface area (Å²) in [5.41, 5.74) is 1.26. The molecular weight excluding hydrogens is 466 g/mol. The van der Waals surface area contributed by atoms with Crippen molar-refractivity contribution in [2.24, 2.45) is 5.92 Å². The van der Waals surface area contributed by atoms with Crippen LogP contribution >= 0.6 is 0 Å². The molecule has 3 aromatic heterocycles. The van der Waals surface area contributed by atoms with Crippen LogP contribution in [0, 0.1) is 29.4 Å². The molecule has 3 heterocycles. The van der Waals surface area contributed by atoms with Gasteiger partial charge < -0.3 is 4.74 Å². The fraction of sp³-hybridized carbons (Fsp3) is 0.182. The van der Waals surface area contributed by atoms with E-state index >= 15 is 0 Å². The first kappa shape index (κ1) is 23.1. The van der Waals surface area contributed by atoms with Gasteiger partial charge in [-0.2, -0.15) is 9.61 Å². The Kier molecular flexibility index (Phi) is 6.12. The van der Waals surface area contributed by atoms with Crippen molar-refractivity contribution in [2.45, 2.75) is 18.7 Å². The van der Waals surface area contributed by atoms with Gasteiger partial charge in [0.05, 0.1) is 12.8 Å². The van der Waals surface area contributed by atoms with Crippen LogP contribution in [0.15, 0.2) is 47.5 Å². The lowest BCUT2D eigenvalue weighted by Gasteiger charge is -2.13. The normalized spacial score (nSPS) is 11.4. The molecule has 9 nitrogen and oxygen atoms in total. The number of hydrogen-bond acceptors (Lipinski definition) is 7. The number of fused-ring (bicyclic) bond motifs is 1. The highest BCUT2D eigenvalue weighted by Crippen LogP contribution is 2.30. The molecule has 0 saturated heterocycles. The van der Waals surface area contributed by atoms with Crippen LogP contribution in [0.1, 0.15) is 19.7 Å². The molecule has 12 heteroatoms. The van der Waals surface area contributed by atoms with E-state index in [9.17, 15) is 17.2 Å². The monoisotopic (exact) mass is 484 g/mol. The van der Waals surface area contributed by atoms with E-state index in [-0.39, 0.29) is 17.5 Å². The summed E-state index contributed by atoms with van der Waals surface area (Å²) >= 11 is 0. The summed E-state index contributed by atoms with van der Waals surface area (Å²) in [4.78, 5) is 3.40. The summed E-state index contributed by atoms with van der Waals surface area (Å²) in [6.45, 7) is 3.89. The molecule has 34 heavy (non-hydrogen) atoms. The van der Waals surface area contributed by atoms with Gasteiger partial charge in [0.1, 0.15) is 22.2 Å². The lowest BCUT2D eigenvalue weighted by Crippen LogP contribution is -2.16. The molecule has 0 radical (unpaired) electrons. The summed E-state index contributed by atoms with van der Waals surface area (Å²) in [5.74, 6) is 4.21. The molecule has 1 aromatic carbocycles. The molecule has 4 aromatic rings. The summed E-state index contributed by atoms with van der Waals surface area (Å²) in [7, 11) is -3.11. The van der Waals surface area contributed by atoms with E-state index in [4.69, 9.17) is 4.74 Å². The molecule has 0 bridgehead atoms. The SMILES string of the molecule is COc1ncc(-c2ccc3nnc(C#CC(C)C)n3n2)cc1NS(=O)(=O)c1ccc(F)cc1F. The Balaban J connectivity index is 1.75. The molecular formula is C22H18F2N6O3S. The van der Waals surface area contributed by atoms with Gasteiger partial charge in [-0.3, -0.25) is 4.72 Å². The molecule has 4 rings (SSSR count). The number of pyridine rings is 1. The highest BCUT2D eigenvalue weighted by Gasteiger charge is 2.22. The molecule has 0 saturated carbocycles. The van der Waals surface area contributed by atoms with Gasteiger partial charge in [0, 0.05) is 23.7 Å². The van der Waals surface area contributed by atoms with Crippen molar-refractivity contribution in [1.29, 1.82) is 0 Å². The average Bonchev–Trinajstić information content (AvgIpc) is 3.19. The van der Waals surface area contributed by atoms with Crippen LogP contribution in [0.3, 0.4) is 0 Å². The molecule has 0 amide bonds. The lowest BCUT2D eigenvalue weighted by atomic mass is 10.2. The quantitative estimate of drug-likeness (QED) is 0.433. The fourth-order valence-corrected chi connectivity index (χ4v) is 4.06. The maximum atomic E-state index is 14.1. The summed E-state index contributed by atoms with van der Waals surface area (Å²) in [6, 6.07) is 6.93. The Morgan fingerprint density at radius 3 is 2.62 bits per heavy atom. The van der Waals surface area contributed by atoms with Crippen molar-refractivity contribution in [1.82, 2.24) is 24.8 Å². The Morgan fingerprint density at radius 1 is 1.12 bits per heavy atom. The van der Waals surface area contributed by atoms with Gasteiger partial charge in [-0.1, -0.05) is 19.8 Å². The number of sulfonamides is 1. The van der Waals surface area contributed by atoms with Crippen molar-refractivity contribution in [3.63, 3.8) is 0 Å². The van der Waals surface area contributed by atoms with Gasteiger partial charge in [0.25, 0.3) is 10.0 Å².